The van der Waals surface area contributed by atoms with Crippen LogP contribution in [0.1, 0.15) is 26.5 Å². The van der Waals surface area contributed by atoms with Gasteiger partial charge in [0.1, 0.15) is 12.0 Å². The van der Waals surface area contributed by atoms with Gasteiger partial charge in [-0.1, -0.05) is 20.8 Å². The van der Waals surface area contributed by atoms with Gasteiger partial charge in [0.05, 0.1) is 6.54 Å². The molecule has 0 radical (unpaired) electrons. The number of rotatable bonds is 6. The van der Waals surface area contributed by atoms with E-state index >= 15 is 0 Å². The van der Waals surface area contributed by atoms with Crippen molar-refractivity contribution in [3.8, 4) is 5.75 Å². The largest absolute Gasteiger partial charge is 0.502 e. The fourth-order valence-electron chi connectivity index (χ4n) is 1.70. The summed E-state index contributed by atoms with van der Waals surface area (Å²) in [5, 5.41) is 9.12. The predicted molar refractivity (Wildman–Crippen MR) is 70.4 cm³/mol. The zero-order valence-electron chi connectivity index (χ0n) is 11.3. The molecule has 102 valence electrons. The van der Waals surface area contributed by atoms with Crippen LogP contribution in [-0.2, 0) is 6.54 Å². The summed E-state index contributed by atoms with van der Waals surface area (Å²) in [5.74, 6) is 0.191. The number of nitrogens with zero attached hydrogens (tertiary/aromatic N) is 1. The number of nitrogens with two attached hydrogens (primary N) is 1. The van der Waals surface area contributed by atoms with E-state index in [2.05, 4.69) is 18.7 Å². The molecular weight excluding hydrogens is 232 g/mol. The molecular formula is C13H22N2O3. The van der Waals surface area contributed by atoms with E-state index in [1.807, 2.05) is 6.92 Å². The van der Waals surface area contributed by atoms with Crippen molar-refractivity contribution in [2.45, 2.75) is 27.3 Å². The van der Waals surface area contributed by atoms with E-state index in [0.29, 0.717) is 18.8 Å². The van der Waals surface area contributed by atoms with Crippen LogP contribution in [0.5, 0.6) is 5.75 Å². The molecule has 0 amide bonds. The molecule has 5 heteroatoms. The SMILES string of the molecule is CCN(Cc1cc(=O)c(O)co1)CC(C)(C)CN. The Labute approximate surface area is 107 Å². The molecule has 0 aliphatic heterocycles. The fourth-order valence-corrected chi connectivity index (χ4v) is 1.70. The number of hydrogen-bond donors (Lipinski definition) is 2. The zero-order valence-corrected chi connectivity index (χ0v) is 11.3. The van der Waals surface area contributed by atoms with Gasteiger partial charge in [0, 0.05) is 12.6 Å². The van der Waals surface area contributed by atoms with Crippen molar-refractivity contribution in [3.63, 3.8) is 0 Å². The van der Waals surface area contributed by atoms with E-state index in [1.54, 1.807) is 0 Å². The van der Waals surface area contributed by atoms with Crippen LogP contribution in [0.25, 0.3) is 0 Å². The highest BCUT2D eigenvalue weighted by Gasteiger charge is 2.20. The van der Waals surface area contributed by atoms with Crippen molar-refractivity contribution < 1.29 is 9.52 Å². The van der Waals surface area contributed by atoms with Gasteiger partial charge in [0.2, 0.25) is 5.43 Å². The Morgan fingerprint density at radius 2 is 2.17 bits per heavy atom. The van der Waals surface area contributed by atoms with Crippen molar-refractivity contribution in [1.82, 2.24) is 4.90 Å². The average Bonchev–Trinajstić information content (AvgIpc) is 2.33. The van der Waals surface area contributed by atoms with Crippen LogP contribution in [0.15, 0.2) is 21.5 Å². The maximum atomic E-state index is 11.3. The summed E-state index contributed by atoms with van der Waals surface area (Å²) < 4.78 is 5.20. The van der Waals surface area contributed by atoms with Crippen molar-refractivity contribution in [3.05, 3.63) is 28.3 Å². The van der Waals surface area contributed by atoms with Gasteiger partial charge in [0.25, 0.3) is 0 Å². The Bertz CT molecular complexity index is 440. The molecule has 18 heavy (non-hydrogen) atoms. The summed E-state index contributed by atoms with van der Waals surface area (Å²) in [6.45, 7) is 9.05. The molecule has 0 aliphatic rings. The minimum Gasteiger partial charge on any atom is -0.502 e. The van der Waals surface area contributed by atoms with Crippen LogP contribution in [0, 0.1) is 5.41 Å². The van der Waals surface area contributed by atoms with Gasteiger partial charge < -0.3 is 15.3 Å². The molecule has 0 aliphatic carbocycles. The Hall–Kier alpha value is -1.33. The minimum absolute atomic E-state index is 0.0211. The van der Waals surface area contributed by atoms with Crippen LogP contribution in [0.2, 0.25) is 0 Å². The van der Waals surface area contributed by atoms with E-state index in [1.165, 1.54) is 6.07 Å². The highest BCUT2D eigenvalue weighted by molar-refractivity contribution is 5.15. The van der Waals surface area contributed by atoms with Crippen molar-refractivity contribution >= 4 is 0 Å². The average molecular weight is 254 g/mol. The summed E-state index contributed by atoms with van der Waals surface area (Å²) in [6.07, 6.45) is 1.08. The molecule has 0 atom stereocenters. The quantitative estimate of drug-likeness (QED) is 0.796. The van der Waals surface area contributed by atoms with Gasteiger partial charge in [-0.25, -0.2) is 0 Å². The lowest BCUT2D eigenvalue weighted by Gasteiger charge is -2.30. The third-order valence-electron chi connectivity index (χ3n) is 2.90. The molecule has 0 saturated heterocycles. The molecule has 0 bridgehead atoms. The molecule has 1 aromatic rings. The van der Waals surface area contributed by atoms with E-state index in [0.717, 1.165) is 19.4 Å². The van der Waals surface area contributed by atoms with Crippen LogP contribution < -0.4 is 11.2 Å². The first-order valence-electron chi connectivity index (χ1n) is 6.11. The molecule has 3 N–H and O–H groups in total. The standard InChI is InChI=1S/C13H22N2O3/c1-4-15(9-13(2,3)8-14)6-10-5-11(16)12(17)7-18-10/h5,7,17H,4,6,8-9,14H2,1-3H3. The van der Waals surface area contributed by atoms with Crippen molar-refractivity contribution in [1.29, 1.82) is 0 Å². The highest BCUT2D eigenvalue weighted by atomic mass is 16.4. The maximum absolute atomic E-state index is 11.3. The molecule has 5 nitrogen and oxygen atoms in total. The summed E-state index contributed by atoms with van der Waals surface area (Å²) in [7, 11) is 0. The van der Waals surface area contributed by atoms with Gasteiger partial charge >= 0.3 is 0 Å². The molecule has 1 aromatic heterocycles. The van der Waals surface area contributed by atoms with Gasteiger partial charge in [0.15, 0.2) is 5.75 Å². The van der Waals surface area contributed by atoms with Crippen LogP contribution >= 0.6 is 0 Å². The Morgan fingerprint density at radius 3 is 2.67 bits per heavy atom. The Kier molecular flexibility index (Phi) is 4.93. The number of aromatic hydroxyl groups is 1. The second kappa shape index (κ2) is 6.02. The molecule has 0 fully saturated rings. The third kappa shape index (κ3) is 4.16. The molecule has 0 spiro atoms. The first-order chi connectivity index (χ1) is 8.38. The molecule has 0 unspecified atom stereocenters. The lowest BCUT2D eigenvalue weighted by atomic mass is 9.93. The second-order valence-electron chi connectivity index (χ2n) is 5.27. The summed E-state index contributed by atoms with van der Waals surface area (Å²) in [6, 6.07) is 1.33. The Balaban J connectivity index is 2.74. The van der Waals surface area contributed by atoms with Gasteiger partial charge in [-0.15, -0.1) is 0 Å². The van der Waals surface area contributed by atoms with Crippen molar-refractivity contribution in [2.24, 2.45) is 11.1 Å². The highest BCUT2D eigenvalue weighted by Crippen LogP contribution is 2.16. The molecule has 0 saturated carbocycles. The monoisotopic (exact) mass is 254 g/mol. The topological polar surface area (TPSA) is 79.7 Å². The molecule has 1 rings (SSSR count). The second-order valence-corrected chi connectivity index (χ2v) is 5.27. The van der Waals surface area contributed by atoms with Gasteiger partial charge in [-0.3, -0.25) is 9.69 Å². The van der Waals surface area contributed by atoms with E-state index < -0.39 is 5.43 Å². The smallest absolute Gasteiger partial charge is 0.226 e. The van der Waals surface area contributed by atoms with Crippen LogP contribution in [0.4, 0.5) is 0 Å². The number of hydrogen-bond acceptors (Lipinski definition) is 5. The third-order valence-corrected chi connectivity index (χ3v) is 2.90. The van der Waals surface area contributed by atoms with Crippen LogP contribution in [0.3, 0.4) is 0 Å². The molecule has 0 aromatic carbocycles. The minimum atomic E-state index is -0.412. The summed E-state index contributed by atoms with van der Waals surface area (Å²) in [5.41, 5.74) is 5.32. The Morgan fingerprint density at radius 1 is 1.50 bits per heavy atom. The van der Waals surface area contributed by atoms with Crippen LogP contribution in [-0.4, -0.2) is 29.6 Å². The zero-order chi connectivity index (χ0) is 13.8. The lowest BCUT2D eigenvalue weighted by molar-refractivity contribution is 0.171. The normalized spacial score (nSPS) is 12.1. The molecule has 1 heterocycles. The fraction of sp³-hybridized carbons (Fsp3) is 0.615. The lowest BCUT2D eigenvalue weighted by Crippen LogP contribution is -2.38. The van der Waals surface area contributed by atoms with E-state index in [4.69, 9.17) is 15.3 Å². The first-order valence-corrected chi connectivity index (χ1v) is 6.11. The summed E-state index contributed by atoms with van der Waals surface area (Å²) in [4.78, 5) is 13.5. The summed E-state index contributed by atoms with van der Waals surface area (Å²) >= 11 is 0. The van der Waals surface area contributed by atoms with Gasteiger partial charge in [-0.2, -0.15) is 0 Å². The van der Waals surface area contributed by atoms with E-state index in [-0.39, 0.29) is 11.2 Å². The van der Waals surface area contributed by atoms with E-state index in [9.17, 15) is 4.79 Å². The van der Waals surface area contributed by atoms with Gasteiger partial charge in [-0.05, 0) is 18.5 Å². The maximum Gasteiger partial charge on any atom is 0.226 e. The first kappa shape index (κ1) is 14.7. The predicted octanol–water partition coefficient (Wildman–Crippen LogP) is 1.15. The van der Waals surface area contributed by atoms with Crippen molar-refractivity contribution in [2.75, 3.05) is 19.6 Å².